The summed E-state index contributed by atoms with van der Waals surface area (Å²) >= 11 is 2.46. The maximum absolute atomic E-state index is 12.5. The van der Waals surface area contributed by atoms with Crippen molar-refractivity contribution in [3.05, 3.63) is 46.2 Å². The number of ether oxygens (including phenoxy) is 1. The number of aromatic nitrogens is 4. The zero-order valence-corrected chi connectivity index (χ0v) is 22.8. The van der Waals surface area contributed by atoms with Crippen LogP contribution in [0.15, 0.2) is 29.4 Å². The Balaban J connectivity index is 1.57. The van der Waals surface area contributed by atoms with Crippen LogP contribution in [-0.4, -0.2) is 56.3 Å². The lowest BCUT2D eigenvalue weighted by Gasteiger charge is -2.19. The fraction of sp³-hybridized carbons (Fsp3) is 0.458. The number of rotatable bonds is 9. The molecule has 1 N–H and O–H groups in total. The van der Waals surface area contributed by atoms with Gasteiger partial charge in [0.15, 0.2) is 16.1 Å². The van der Waals surface area contributed by atoms with Gasteiger partial charge in [-0.2, -0.15) is 0 Å². The molecule has 188 valence electrons. The molecule has 0 saturated heterocycles. The molecule has 1 aromatic carbocycles. The Hall–Kier alpha value is -2.92. The van der Waals surface area contributed by atoms with Crippen LogP contribution in [0.2, 0.25) is 0 Å². The highest BCUT2D eigenvalue weighted by molar-refractivity contribution is 7.99. The number of thiazole rings is 1. The molecule has 2 amide bonds. The molecule has 0 saturated carbocycles. The van der Waals surface area contributed by atoms with E-state index >= 15 is 0 Å². The van der Waals surface area contributed by atoms with E-state index in [1.165, 1.54) is 33.6 Å². The summed E-state index contributed by atoms with van der Waals surface area (Å²) in [6.07, 6.45) is 0. The van der Waals surface area contributed by atoms with Gasteiger partial charge >= 0.3 is 0 Å². The molecule has 0 radical (unpaired) electrons. The molecule has 0 spiro atoms. The Morgan fingerprint density at radius 3 is 2.46 bits per heavy atom. The van der Waals surface area contributed by atoms with Gasteiger partial charge in [-0.25, -0.2) is 4.98 Å². The Bertz CT molecular complexity index is 1180. The van der Waals surface area contributed by atoms with Gasteiger partial charge in [0.1, 0.15) is 17.2 Å². The van der Waals surface area contributed by atoms with E-state index in [1.54, 1.807) is 21.0 Å². The normalized spacial score (nSPS) is 11.4. The molecule has 3 rings (SSSR count). The number of anilines is 1. The van der Waals surface area contributed by atoms with E-state index in [4.69, 9.17) is 4.74 Å². The number of hydrogen-bond donors (Lipinski definition) is 1. The monoisotopic (exact) mass is 516 g/mol. The fourth-order valence-corrected chi connectivity index (χ4v) is 5.01. The lowest BCUT2D eigenvalue weighted by atomic mass is 9.87. The van der Waals surface area contributed by atoms with Gasteiger partial charge in [0.2, 0.25) is 5.91 Å². The quantitative estimate of drug-likeness (QED) is 0.421. The maximum Gasteiger partial charge on any atom is 0.265 e. The number of hydrogen-bond acceptors (Lipinski definition) is 8. The standard InChI is InChI=1S/C24H32N6O3S2/c1-8-30-18(13-33-17-11-9-16(10-12-17)24(3,4)5)27-28-23(30)34-14-19(31)26-22-25-15(2)20(35-22)21(32)29(6)7/h9-12H,8,13-14H2,1-7H3,(H,25,26,31). The minimum atomic E-state index is -0.227. The number of nitrogens with one attached hydrogen (secondary N) is 1. The molecule has 0 aliphatic heterocycles. The van der Waals surface area contributed by atoms with Gasteiger partial charge < -0.3 is 19.5 Å². The molecule has 0 fully saturated rings. The molecule has 2 aromatic heterocycles. The zero-order valence-electron chi connectivity index (χ0n) is 21.2. The second-order valence-corrected chi connectivity index (χ2v) is 11.1. The Morgan fingerprint density at radius 1 is 1.17 bits per heavy atom. The van der Waals surface area contributed by atoms with Crippen molar-refractivity contribution in [2.75, 3.05) is 25.2 Å². The van der Waals surface area contributed by atoms with Gasteiger partial charge in [0.05, 0.1) is 11.4 Å². The van der Waals surface area contributed by atoms with Crippen molar-refractivity contribution in [2.45, 2.75) is 58.3 Å². The van der Waals surface area contributed by atoms with Crippen LogP contribution in [0.25, 0.3) is 0 Å². The Labute approximate surface area is 214 Å². The molecule has 0 unspecified atom stereocenters. The van der Waals surface area contributed by atoms with E-state index in [1.807, 2.05) is 23.6 Å². The number of benzene rings is 1. The van der Waals surface area contributed by atoms with Crippen molar-refractivity contribution in [2.24, 2.45) is 0 Å². The van der Waals surface area contributed by atoms with E-state index < -0.39 is 0 Å². The van der Waals surface area contributed by atoms with Crippen molar-refractivity contribution < 1.29 is 14.3 Å². The minimum Gasteiger partial charge on any atom is -0.486 e. The van der Waals surface area contributed by atoms with Crippen LogP contribution >= 0.6 is 23.1 Å². The van der Waals surface area contributed by atoms with Gasteiger partial charge in [-0.1, -0.05) is 56.0 Å². The summed E-state index contributed by atoms with van der Waals surface area (Å²) in [5.74, 6) is 1.24. The second kappa shape index (κ2) is 11.2. The topological polar surface area (TPSA) is 102 Å². The molecule has 11 heteroatoms. The molecule has 2 heterocycles. The van der Waals surface area contributed by atoms with Crippen LogP contribution in [0.4, 0.5) is 5.13 Å². The third-order valence-corrected chi connectivity index (χ3v) is 7.20. The zero-order chi connectivity index (χ0) is 25.8. The van der Waals surface area contributed by atoms with E-state index in [-0.39, 0.29) is 29.6 Å². The molecular weight excluding hydrogens is 484 g/mol. The number of aryl methyl sites for hydroxylation is 1. The van der Waals surface area contributed by atoms with E-state index in [2.05, 4.69) is 53.4 Å². The first-order valence-corrected chi connectivity index (χ1v) is 13.1. The van der Waals surface area contributed by atoms with Gasteiger partial charge in [-0.3, -0.25) is 9.59 Å². The highest BCUT2D eigenvalue weighted by atomic mass is 32.2. The van der Waals surface area contributed by atoms with Crippen molar-refractivity contribution >= 4 is 40.0 Å². The van der Waals surface area contributed by atoms with Gasteiger partial charge in [0, 0.05) is 20.6 Å². The second-order valence-electron chi connectivity index (χ2n) is 9.18. The molecule has 0 aliphatic carbocycles. The Kier molecular flexibility index (Phi) is 8.55. The van der Waals surface area contributed by atoms with Crippen LogP contribution in [0.3, 0.4) is 0 Å². The molecule has 35 heavy (non-hydrogen) atoms. The lowest BCUT2D eigenvalue weighted by Crippen LogP contribution is -2.21. The molecule has 3 aromatic rings. The summed E-state index contributed by atoms with van der Waals surface area (Å²) in [4.78, 5) is 31.0. The largest absolute Gasteiger partial charge is 0.486 e. The summed E-state index contributed by atoms with van der Waals surface area (Å²) in [5, 5.41) is 12.3. The number of nitrogens with zero attached hydrogens (tertiary/aromatic N) is 5. The average Bonchev–Trinajstić information content (AvgIpc) is 3.37. The first-order chi connectivity index (χ1) is 16.5. The van der Waals surface area contributed by atoms with E-state index in [0.717, 1.165) is 5.75 Å². The summed E-state index contributed by atoms with van der Waals surface area (Å²) in [6.45, 7) is 11.2. The summed E-state index contributed by atoms with van der Waals surface area (Å²) in [7, 11) is 3.37. The average molecular weight is 517 g/mol. The van der Waals surface area contributed by atoms with Crippen molar-refractivity contribution in [1.82, 2.24) is 24.6 Å². The third kappa shape index (κ3) is 6.82. The highest BCUT2D eigenvalue weighted by Crippen LogP contribution is 2.26. The molecule has 0 bridgehead atoms. The van der Waals surface area contributed by atoms with Crippen molar-refractivity contribution in [1.29, 1.82) is 0 Å². The van der Waals surface area contributed by atoms with Crippen LogP contribution < -0.4 is 10.1 Å². The molecule has 9 nitrogen and oxygen atoms in total. The molecule has 0 atom stereocenters. The SMILES string of the molecule is CCn1c(COc2ccc(C(C)(C)C)cc2)nnc1SCC(=O)Nc1nc(C)c(C(=O)N(C)C)s1. The number of amides is 2. The van der Waals surface area contributed by atoms with Crippen molar-refractivity contribution in [3.63, 3.8) is 0 Å². The number of carbonyl (C=O) groups excluding carboxylic acids is 2. The first-order valence-electron chi connectivity index (χ1n) is 11.3. The smallest absolute Gasteiger partial charge is 0.265 e. The van der Waals surface area contributed by atoms with E-state index in [9.17, 15) is 9.59 Å². The van der Waals surface area contributed by atoms with E-state index in [0.29, 0.717) is 33.2 Å². The summed E-state index contributed by atoms with van der Waals surface area (Å²) < 4.78 is 7.85. The first kappa shape index (κ1) is 26.7. The van der Waals surface area contributed by atoms with Gasteiger partial charge in [-0.15, -0.1) is 10.2 Å². The van der Waals surface area contributed by atoms with Crippen LogP contribution in [0.1, 0.15) is 54.4 Å². The highest BCUT2D eigenvalue weighted by Gasteiger charge is 2.19. The minimum absolute atomic E-state index is 0.0870. The molecule has 0 aliphatic rings. The van der Waals surface area contributed by atoms with Crippen LogP contribution in [0.5, 0.6) is 5.75 Å². The summed E-state index contributed by atoms with van der Waals surface area (Å²) in [6, 6.07) is 8.07. The molecular formula is C24H32N6O3S2. The third-order valence-electron chi connectivity index (χ3n) is 5.17. The Morgan fingerprint density at radius 2 is 1.86 bits per heavy atom. The maximum atomic E-state index is 12.5. The lowest BCUT2D eigenvalue weighted by molar-refractivity contribution is -0.113. The van der Waals surface area contributed by atoms with Crippen molar-refractivity contribution in [3.8, 4) is 5.75 Å². The number of thioether (sulfide) groups is 1. The van der Waals surface area contributed by atoms with Crippen LogP contribution in [-0.2, 0) is 23.4 Å². The summed E-state index contributed by atoms with van der Waals surface area (Å²) in [5.41, 5.74) is 1.93. The number of carbonyl (C=O) groups is 2. The van der Waals surface area contributed by atoms with Crippen LogP contribution in [0, 0.1) is 6.92 Å². The fourth-order valence-electron chi connectivity index (χ4n) is 3.19. The predicted octanol–water partition coefficient (Wildman–Crippen LogP) is 4.37. The van der Waals surface area contributed by atoms with Gasteiger partial charge in [0.25, 0.3) is 5.91 Å². The van der Waals surface area contributed by atoms with Gasteiger partial charge in [-0.05, 0) is 37.0 Å². The predicted molar refractivity (Wildman–Crippen MR) is 139 cm³/mol.